The van der Waals surface area contributed by atoms with Crippen LogP contribution in [-0.2, 0) is 0 Å². The van der Waals surface area contributed by atoms with E-state index in [1.54, 1.807) is 6.20 Å². The molecule has 0 unspecified atom stereocenters. The minimum Gasteiger partial charge on any atom is -0.396 e. The van der Waals surface area contributed by atoms with Crippen LogP contribution < -0.4 is 10.6 Å². The molecule has 0 amide bonds. The molecule has 0 atom stereocenters. The average molecular weight is 187 g/mol. The molecule has 0 saturated heterocycles. The lowest BCUT2D eigenvalue weighted by atomic mass is 10.1. The minimum absolute atomic E-state index is 0.792. The molecule has 0 saturated carbocycles. The molecule has 2 rings (SSSR count). The largest absolute Gasteiger partial charge is 0.396 e. The van der Waals surface area contributed by atoms with Crippen LogP contribution in [0.15, 0.2) is 30.5 Å². The Hall–Kier alpha value is -1.77. The third kappa shape index (κ3) is 1.27. The molecule has 0 aliphatic heterocycles. The summed E-state index contributed by atoms with van der Waals surface area (Å²) >= 11 is 0. The Kier molecular flexibility index (Phi) is 2.00. The van der Waals surface area contributed by atoms with Gasteiger partial charge in [-0.15, -0.1) is 0 Å². The number of hydrogen-bond donors (Lipinski definition) is 1. The maximum absolute atomic E-state index is 6.04. The molecule has 0 spiro atoms. The van der Waals surface area contributed by atoms with Crippen LogP contribution in [0.25, 0.3) is 10.9 Å². The highest BCUT2D eigenvalue weighted by atomic mass is 15.1. The monoisotopic (exact) mass is 187 g/mol. The molecule has 3 heteroatoms. The van der Waals surface area contributed by atoms with Gasteiger partial charge in [0.1, 0.15) is 0 Å². The topological polar surface area (TPSA) is 42.2 Å². The average Bonchev–Trinajstić information content (AvgIpc) is 2.18. The smallest absolute Gasteiger partial charge is 0.0724 e. The van der Waals surface area contributed by atoms with E-state index in [9.17, 15) is 0 Å². The molecular weight excluding hydrogens is 174 g/mol. The molecular formula is C11H13N3. The SMILES string of the molecule is CN(C)c1ccc2ncccc2c1N. The summed E-state index contributed by atoms with van der Waals surface area (Å²) in [7, 11) is 3.96. The summed E-state index contributed by atoms with van der Waals surface area (Å²) in [5.74, 6) is 0. The second-order valence-corrected chi connectivity index (χ2v) is 3.46. The van der Waals surface area contributed by atoms with Crippen molar-refractivity contribution in [1.82, 2.24) is 4.98 Å². The zero-order valence-corrected chi connectivity index (χ0v) is 8.36. The van der Waals surface area contributed by atoms with E-state index in [0.717, 1.165) is 22.3 Å². The van der Waals surface area contributed by atoms with Gasteiger partial charge in [0.25, 0.3) is 0 Å². The molecule has 0 aliphatic rings. The number of fused-ring (bicyclic) bond motifs is 1. The van der Waals surface area contributed by atoms with Crippen molar-refractivity contribution in [2.45, 2.75) is 0 Å². The van der Waals surface area contributed by atoms with Crippen molar-refractivity contribution in [1.29, 1.82) is 0 Å². The highest BCUT2D eigenvalue weighted by molar-refractivity contribution is 5.96. The lowest BCUT2D eigenvalue weighted by molar-refractivity contribution is 1.14. The van der Waals surface area contributed by atoms with Crippen LogP contribution in [0.4, 0.5) is 11.4 Å². The third-order valence-corrected chi connectivity index (χ3v) is 2.29. The Bertz CT molecular complexity index is 463. The fraction of sp³-hybridized carbons (Fsp3) is 0.182. The van der Waals surface area contributed by atoms with Crippen LogP contribution in [0.2, 0.25) is 0 Å². The number of aromatic nitrogens is 1. The fourth-order valence-electron chi connectivity index (χ4n) is 1.55. The number of nitrogens with two attached hydrogens (primary N) is 1. The molecule has 1 heterocycles. The summed E-state index contributed by atoms with van der Waals surface area (Å²) in [6, 6.07) is 7.87. The highest BCUT2D eigenvalue weighted by Crippen LogP contribution is 2.28. The Morgan fingerprint density at radius 2 is 2.00 bits per heavy atom. The number of benzene rings is 1. The molecule has 72 valence electrons. The van der Waals surface area contributed by atoms with E-state index >= 15 is 0 Å². The molecule has 3 nitrogen and oxygen atoms in total. The van der Waals surface area contributed by atoms with Gasteiger partial charge in [0.05, 0.1) is 16.9 Å². The normalized spacial score (nSPS) is 10.4. The first-order chi connectivity index (χ1) is 6.70. The lowest BCUT2D eigenvalue weighted by Crippen LogP contribution is -2.11. The Balaban J connectivity index is 2.75. The Labute approximate surface area is 83.2 Å². The van der Waals surface area contributed by atoms with E-state index in [0.29, 0.717) is 0 Å². The van der Waals surface area contributed by atoms with Gasteiger partial charge in [-0.05, 0) is 24.3 Å². The number of nitrogens with zero attached hydrogens (tertiary/aromatic N) is 2. The van der Waals surface area contributed by atoms with Crippen LogP contribution in [0.1, 0.15) is 0 Å². The summed E-state index contributed by atoms with van der Waals surface area (Å²) in [5.41, 5.74) is 8.80. The van der Waals surface area contributed by atoms with Crippen molar-refractivity contribution in [3.63, 3.8) is 0 Å². The first kappa shape index (κ1) is 8.81. The van der Waals surface area contributed by atoms with E-state index in [1.807, 2.05) is 43.3 Å². The zero-order valence-electron chi connectivity index (χ0n) is 8.36. The minimum atomic E-state index is 0.792. The van der Waals surface area contributed by atoms with E-state index < -0.39 is 0 Å². The summed E-state index contributed by atoms with van der Waals surface area (Å²) in [4.78, 5) is 6.25. The number of nitrogen functional groups attached to an aromatic ring is 1. The molecule has 0 fully saturated rings. The van der Waals surface area contributed by atoms with E-state index in [1.165, 1.54) is 0 Å². The molecule has 1 aromatic heterocycles. The van der Waals surface area contributed by atoms with E-state index in [4.69, 9.17) is 5.73 Å². The van der Waals surface area contributed by atoms with Crippen LogP contribution in [-0.4, -0.2) is 19.1 Å². The van der Waals surface area contributed by atoms with Crippen molar-refractivity contribution >= 4 is 22.3 Å². The van der Waals surface area contributed by atoms with Gasteiger partial charge in [-0.3, -0.25) is 4.98 Å². The van der Waals surface area contributed by atoms with Gasteiger partial charge in [0.15, 0.2) is 0 Å². The quantitative estimate of drug-likeness (QED) is 0.693. The maximum Gasteiger partial charge on any atom is 0.0724 e. The predicted molar refractivity (Wildman–Crippen MR) is 60.5 cm³/mol. The van der Waals surface area contributed by atoms with E-state index in [-0.39, 0.29) is 0 Å². The first-order valence-electron chi connectivity index (χ1n) is 4.50. The predicted octanol–water partition coefficient (Wildman–Crippen LogP) is 1.88. The second-order valence-electron chi connectivity index (χ2n) is 3.46. The molecule has 2 aromatic rings. The van der Waals surface area contributed by atoms with Crippen molar-refractivity contribution in [2.24, 2.45) is 0 Å². The molecule has 0 aliphatic carbocycles. The van der Waals surface area contributed by atoms with Crippen molar-refractivity contribution in [3.05, 3.63) is 30.5 Å². The third-order valence-electron chi connectivity index (χ3n) is 2.29. The fourth-order valence-corrected chi connectivity index (χ4v) is 1.55. The summed E-state index contributed by atoms with van der Waals surface area (Å²) in [6.07, 6.45) is 1.77. The van der Waals surface area contributed by atoms with Crippen molar-refractivity contribution in [2.75, 3.05) is 24.7 Å². The second kappa shape index (κ2) is 3.18. The molecule has 14 heavy (non-hydrogen) atoms. The Morgan fingerprint density at radius 3 is 2.71 bits per heavy atom. The van der Waals surface area contributed by atoms with Gasteiger partial charge in [-0.25, -0.2) is 0 Å². The van der Waals surface area contributed by atoms with Gasteiger partial charge in [0, 0.05) is 25.7 Å². The summed E-state index contributed by atoms with van der Waals surface area (Å²) in [6.45, 7) is 0. The van der Waals surface area contributed by atoms with Gasteiger partial charge >= 0.3 is 0 Å². The van der Waals surface area contributed by atoms with Gasteiger partial charge in [-0.2, -0.15) is 0 Å². The van der Waals surface area contributed by atoms with Crippen LogP contribution >= 0.6 is 0 Å². The molecule has 1 aromatic carbocycles. The van der Waals surface area contributed by atoms with Gasteiger partial charge < -0.3 is 10.6 Å². The van der Waals surface area contributed by atoms with Gasteiger partial charge in [-0.1, -0.05) is 0 Å². The maximum atomic E-state index is 6.04. The van der Waals surface area contributed by atoms with Crippen molar-refractivity contribution < 1.29 is 0 Å². The van der Waals surface area contributed by atoms with Crippen LogP contribution in [0.3, 0.4) is 0 Å². The first-order valence-corrected chi connectivity index (χ1v) is 4.50. The molecule has 0 bridgehead atoms. The Morgan fingerprint density at radius 1 is 1.21 bits per heavy atom. The summed E-state index contributed by atoms with van der Waals surface area (Å²) in [5, 5.41) is 1.01. The molecule has 2 N–H and O–H groups in total. The summed E-state index contributed by atoms with van der Waals surface area (Å²) < 4.78 is 0. The van der Waals surface area contributed by atoms with Gasteiger partial charge in [0.2, 0.25) is 0 Å². The number of pyridine rings is 1. The molecule has 0 radical (unpaired) electrons. The zero-order chi connectivity index (χ0) is 10.1. The van der Waals surface area contributed by atoms with Crippen molar-refractivity contribution in [3.8, 4) is 0 Å². The highest BCUT2D eigenvalue weighted by Gasteiger charge is 2.05. The van der Waals surface area contributed by atoms with E-state index in [2.05, 4.69) is 4.98 Å². The number of anilines is 2. The number of hydrogen-bond acceptors (Lipinski definition) is 3. The van der Waals surface area contributed by atoms with Crippen LogP contribution in [0, 0.1) is 0 Å². The van der Waals surface area contributed by atoms with Crippen LogP contribution in [0.5, 0.6) is 0 Å². The standard InChI is InChI=1S/C11H13N3/c1-14(2)10-6-5-9-8(11(10)12)4-3-7-13-9/h3-7H,12H2,1-2H3. The lowest BCUT2D eigenvalue weighted by Gasteiger charge is -2.16. The number of rotatable bonds is 1.